The summed E-state index contributed by atoms with van der Waals surface area (Å²) in [6.07, 6.45) is 1.59. The lowest BCUT2D eigenvalue weighted by Gasteiger charge is -2.08. The topological polar surface area (TPSA) is 125 Å². The number of carbonyl (C=O) groups is 1. The van der Waals surface area contributed by atoms with Crippen molar-refractivity contribution in [3.05, 3.63) is 66.2 Å². The Labute approximate surface area is 171 Å². The van der Waals surface area contributed by atoms with Crippen molar-refractivity contribution >= 4 is 34.5 Å². The summed E-state index contributed by atoms with van der Waals surface area (Å²) in [7, 11) is 1.58. The number of carbonyl (C=O) groups excluding carboxylic acids is 1. The molecule has 9 nitrogen and oxygen atoms in total. The zero-order valence-corrected chi connectivity index (χ0v) is 16.2. The van der Waals surface area contributed by atoms with Crippen LogP contribution in [-0.4, -0.2) is 28.0 Å². The first-order valence-electron chi connectivity index (χ1n) is 9.13. The molecule has 2 aromatic carbocycles. The largest absolute Gasteiger partial charge is 0.497 e. The van der Waals surface area contributed by atoms with Crippen LogP contribution in [0.3, 0.4) is 0 Å². The van der Waals surface area contributed by atoms with Crippen LogP contribution in [0.15, 0.2) is 59.2 Å². The van der Waals surface area contributed by atoms with Gasteiger partial charge in [0.05, 0.1) is 19.8 Å². The van der Waals surface area contributed by atoms with Crippen LogP contribution in [0.25, 0.3) is 11.0 Å². The second kappa shape index (κ2) is 8.48. The molecule has 0 saturated carbocycles. The molecule has 9 heteroatoms. The third-order valence-electron chi connectivity index (χ3n) is 4.29. The van der Waals surface area contributed by atoms with Crippen molar-refractivity contribution in [1.82, 2.24) is 15.0 Å². The molecule has 4 aromatic rings. The first kappa shape index (κ1) is 19.2. The molecule has 0 spiro atoms. The minimum atomic E-state index is -0.440. The quantitative estimate of drug-likeness (QED) is 0.446. The van der Waals surface area contributed by atoms with E-state index < -0.39 is 5.97 Å². The van der Waals surface area contributed by atoms with Crippen molar-refractivity contribution in [3.8, 4) is 5.75 Å². The second-order valence-corrected chi connectivity index (χ2v) is 6.38. The van der Waals surface area contributed by atoms with Crippen molar-refractivity contribution in [3.63, 3.8) is 0 Å². The predicted octanol–water partition coefficient (Wildman–Crippen LogP) is 3.24. The van der Waals surface area contributed by atoms with Gasteiger partial charge < -0.3 is 24.9 Å². The number of aromatic nitrogens is 3. The van der Waals surface area contributed by atoms with Crippen molar-refractivity contribution < 1.29 is 18.7 Å². The predicted molar refractivity (Wildman–Crippen MR) is 110 cm³/mol. The van der Waals surface area contributed by atoms with Crippen molar-refractivity contribution in [2.24, 2.45) is 0 Å². The molecule has 0 unspecified atom stereocenters. The minimum absolute atomic E-state index is 0.0317. The molecule has 0 radical (unpaired) electrons. The van der Waals surface area contributed by atoms with Crippen molar-refractivity contribution in [1.29, 1.82) is 0 Å². The second-order valence-electron chi connectivity index (χ2n) is 6.38. The van der Waals surface area contributed by atoms with Crippen LogP contribution in [0, 0.1) is 0 Å². The Hall–Kier alpha value is -4.14. The lowest BCUT2D eigenvalue weighted by atomic mass is 10.1. The summed E-state index contributed by atoms with van der Waals surface area (Å²) >= 11 is 0. The van der Waals surface area contributed by atoms with E-state index in [1.54, 1.807) is 13.2 Å². The Morgan fingerprint density at radius 3 is 2.77 bits per heavy atom. The molecule has 0 aliphatic heterocycles. The molecular weight excluding hydrogens is 386 g/mol. The maximum absolute atomic E-state index is 12.3. The minimum Gasteiger partial charge on any atom is -0.497 e. The maximum atomic E-state index is 12.3. The van der Waals surface area contributed by atoms with E-state index in [1.165, 1.54) is 6.26 Å². The van der Waals surface area contributed by atoms with Gasteiger partial charge >= 0.3 is 5.97 Å². The summed E-state index contributed by atoms with van der Waals surface area (Å²) in [6, 6.07) is 14.8. The van der Waals surface area contributed by atoms with Gasteiger partial charge in [-0.15, -0.1) is 0 Å². The van der Waals surface area contributed by atoms with Crippen LogP contribution >= 0.6 is 0 Å². The van der Waals surface area contributed by atoms with Crippen LogP contribution in [0.2, 0.25) is 0 Å². The van der Waals surface area contributed by atoms with E-state index >= 15 is 0 Å². The van der Waals surface area contributed by atoms with Gasteiger partial charge in [0.1, 0.15) is 11.3 Å². The smallest absolute Gasteiger partial charge is 0.310 e. The third kappa shape index (κ3) is 4.46. The summed E-state index contributed by atoms with van der Waals surface area (Å²) in [5.41, 5.74) is 7.91. The van der Waals surface area contributed by atoms with E-state index in [9.17, 15) is 4.79 Å². The van der Waals surface area contributed by atoms with Crippen LogP contribution in [0.4, 0.5) is 17.6 Å². The number of methoxy groups -OCH3 is 1. The molecule has 0 aliphatic rings. The molecular formula is C21H19N5O4. The number of para-hydroxylation sites is 1. The Morgan fingerprint density at radius 1 is 1.13 bits per heavy atom. The molecule has 152 valence electrons. The summed E-state index contributed by atoms with van der Waals surface area (Å²) in [5.74, 6) is 0.790. The van der Waals surface area contributed by atoms with E-state index in [1.807, 2.05) is 42.5 Å². The number of esters is 1. The molecule has 0 aliphatic carbocycles. The number of nitrogen functional groups attached to an aromatic ring is 1. The standard InChI is InChI=1S/C21H19N5O4/c1-28-15-7-8-16-13(11-29-17(16)10-15)9-19(27)30-12-18-24-20(22)26-21(25-18)23-14-5-3-2-4-6-14/h2-8,10-11H,9,12H2,1H3,(H3,22,23,24,25,26). The monoisotopic (exact) mass is 405 g/mol. The first-order chi connectivity index (χ1) is 14.6. The first-order valence-corrected chi connectivity index (χ1v) is 9.13. The number of nitrogens with one attached hydrogen (secondary N) is 1. The zero-order chi connectivity index (χ0) is 20.9. The van der Waals surface area contributed by atoms with Gasteiger partial charge in [-0.1, -0.05) is 18.2 Å². The Morgan fingerprint density at radius 2 is 1.97 bits per heavy atom. The van der Waals surface area contributed by atoms with Gasteiger partial charge in [0.25, 0.3) is 0 Å². The molecule has 30 heavy (non-hydrogen) atoms. The van der Waals surface area contributed by atoms with Crippen molar-refractivity contribution in [2.75, 3.05) is 18.2 Å². The Bertz CT molecular complexity index is 1180. The van der Waals surface area contributed by atoms with Gasteiger partial charge in [0, 0.05) is 22.7 Å². The average Bonchev–Trinajstić information content (AvgIpc) is 3.14. The fourth-order valence-electron chi connectivity index (χ4n) is 2.89. The number of rotatable bonds is 7. The summed E-state index contributed by atoms with van der Waals surface area (Å²) in [5, 5.41) is 3.86. The molecule has 0 atom stereocenters. The molecule has 0 amide bonds. The average molecular weight is 405 g/mol. The fraction of sp³-hybridized carbons (Fsp3) is 0.143. The molecule has 2 aromatic heterocycles. The maximum Gasteiger partial charge on any atom is 0.310 e. The van der Waals surface area contributed by atoms with Crippen LogP contribution < -0.4 is 15.8 Å². The molecule has 2 heterocycles. The van der Waals surface area contributed by atoms with Gasteiger partial charge in [-0.25, -0.2) is 0 Å². The number of anilines is 3. The van der Waals surface area contributed by atoms with E-state index in [-0.39, 0.29) is 30.7 Å². The highest BCUT2D eigenvalue weighted by Gasteiger charge is 2.14. The van der Waals surface area contributed by atoms with Crippen LogP contribution in [0.1, 0.15) is 11.4 Å². The van der Waals surface area contributed by atoms with Gasteiger partial charge in [-0.05, 0) is 24.3 Å². The van der Waals surface area contributed by atoms with Crippen molar-refractivity contribution in [2.45, 2.75) is 13.0 Å². The van der Waals surface area contributed by atoms with E-state index in [0.29, 0.717) is 11.3 Å². The highest BCUT2D eigenvalue weighted by molar-refractivity contribution is 5.86. The summed E-state index contributed by atoms with van der Waals surface area (Å²) in [6.45, 7) is -0.126. The lowest BCUT2D eigenvalue weighted by Crippen LogP contribution is -2.12. The number of benzene rings is 2. The fourth-order valence-corrected chi connectivity index (χ4v) is 2.89. The summed E-state index contributed by atoms with van der Waals surface area (Å²) < 4.78 is 16.0. The highest BCUT2D eigenvalue weighted by Crippen LogP contribution is 2.26. The van der Waals surface area contributed by atoms with E-state index in [2.05, 4.69) is 20.3 Å². The third-order valence-corrected chi connectivity index (χ3v) is 4.29. The van der Waals surface area contributed by atoms with E-state index in [4.69, 9.17) is 19.6 Å². The number of nitrogens with two attached hydrogens (primary N) is 1. The van der Waals surface area contributed by atoms with Crippen LogP contribution in [0.5, 0.6) is 5.75 Å². The molecule has 0 bridgehead atoms. The lowest BCUT2D eigenvalue weighted by molar-refractivity contribution is -0.144. The Balaban J connectivity index is 1.40. The van der Waals surface area contributed by atoms with Gasteiger partial charge in [-0.3, -0.25) is 4.79 Å². The van der Waals surface area contributed by atoms with Crippen LogP contribution in [-0.2, 0) is 22.6 Å². The zero-order valence-electron chi connectivity index (χ0n) is 16.2. The molecule has 4 rings (SSSR count). The number of nitrogens with zero attached hydrogens (tertiary/aromatic N) is 3. The molecule has 0 fully saturated rings. The normalized spacial score (nSPS) is 10.7. The molecule has 3 N–H and O–H groups in total. The summed E-state index contributed by atoms with van der Waals surface area (Å²) in [4.78, 5) is 24.6. The number of ether oxygens (including phenoxy) is 2. The number of fused-ring (bicyclic) bond motifs is 1. The molecule has 0 saturated heterocycles. The van der Waals surface area contributed by atoms with Gasteiger partial charge in [0.2, 0.25) is 11.9 Å². The number of hydrogen-bond donors (Lipinski definition) is 2. The van der Waals surface area contributed by atoms with E-state index in [0.717, 1.165) is 16.6 Å². The van der Waals surface area contributed by atoms with Gasteiger partial charge in [-0.2, -0.15) is 15.0 Å². The Kier molecular flexibility index (Phi) is 5.42. The highest BCUT2D eigenvalue weighted by atomic mass is 16.5. The number of furan rings is 1. The number of hydrogen-bond acceptors (Lipinski definition) is 9. The SMILES string of the molecule is COc1ccc2c(CC(=O)OCc3nc(N)nc(Nc4ccccc4)n3)coc2c1. The van der Waals surface area contributed by atoms with Gasteiger partial charge in [0.15, 0.2) is 12.4 Å².